The minimum atomic E-state index is -0.151. The number of halogens is 1. The molecule has 0 saturated carbocycles. The van der Waals surface area contributed by atoms with Crippen LogP contribution in [0.1, 0.15) is 45.0 Å². The number of nitrogens with zero attached hydrogens (tertiary/aromatic N) is 4. The number of hydrogen-bond donors (Lipinski definition) is 1. The monoisotopic (exact) mass is 439 g/mol. The first-order chi connectivity index (χ1) is 13.9. The van der Waals surface area contributed by atoms with E-state index >= 15 is 0 Å². The Labute approximate surface area is 182 Å². The standard InChI is InChI=1S/C20H30ClN5O2S/c1-6-8-11-26-19(16(7-2)25(3)4)23-24-20(26)29-13-18(27)22-15-12-14(21)9-10-17(15)28-5/h9-10,12,16H,6-8,11,13H2,1-5H3,(H,22,27). The molecule has 0 radical (unpaired) electrons. The molecule has 1 aromatic carbocycles. The Hall–Kier alpha value is -1.77. The summed E-state index contributed by atoms with van der Waals surface area (Å²) in [6.07, 6.45) is 3.06. The molecule has 0 aliphatic heterocycles. The van der Waals surface area contributed by atoms with Gasteiger partial charge in [0, 0.05) is 11.6 Å². The maximum Gasteiger partial charge on any atom is 0.234 e. The van der Waals surface area contributed by atoms with Crippen molar-refractivity contribution in [2.75, 3.05) is 32.3 Å². The molecular formula is C20H30ClN5O2S. The number of ether oxygens (including phenoxy) is 1. The van der Waals surface area contributed by atoms with Gasteiger partial charge in [0.05, 0.1) is 24.6 Å². The van der Waals surface area contributed by atoms with Gasteiger partial charge in [0.1, 0.15) is 5.75 Å². The number of unbranched alkanes of at least 4 members (excludes halogenated alkanes) is 1. The van der Waals surface area contributed by atoms with Crippen LogP contribution in [0.15, 0.2) is 23.4 Å². The van der Waals surface area contributed by atoms with Gasteiger partial charge >= 0.3 is 0 Å². The van der Waals surface area contributed by atoms with Gasteiger partial charge in [-0.2, -0.15) is 0 Å². The Morgan fingerprint density at radius 2 is 2.10 bits per heavy atom. The van der Waals surface area contributed by atoms with Gasteiger partial charge in [-0.25, -0.2) is 0 Å². The second-order valence-corrected chi connectivity index (χ2v) is 8.29. The van der Waals surface area contributed by atoms with Crippen molar-refractivity contribution in [3.63, 3.8) is 0 Å². The van der Waals surface area contributed by atoms with E-state index in [1.807, 2.05) is 14.1 Å². The number of amides is 1. The molecule has 0 bridgehead atoms. The first-order valence-electron chi connectivity index (χ1n) is 9.76. The van der Waals surface area contributed by atoms with Crippen molar-refractivity contribution in [2.24, 2.45) is 0 Å². The van der Waals surface area contributed by atoms with Crippen LogP contribution in [0.4, 0.5) is 5.69 Å². The molecule has 0 aliphatic carbocycles. The maximum atomic E-state index is 12.5. The molecule has 0 spiro atoms. The van der Waals surface area contributed by atoms with Crippen LogP contribution in [0.3, 0.4) is 0 Å². The zero-order valence-corrected chi connectivity index (χ0v) is 19.3. The topological polar surface area (TPSA) is 72.3 Å². The molecule has 1 heterocycles. The molecule has 1 atom stereocenters. The molecular weight excluding hydrogens is 410 g/mol. The highest BCUT2D eigenvalue weighted by molar-refractivity contribution is 7.99. The number of methoxy groups -OCH3 is 1. The average Bonchev–Trinajstić information content (AvgIpc) is 3.07. The Bertz CT molecular complexity index is 812. The molecule has 2 aromatic rings. The molecule has 0 fully saturated rings. The lowest BCUT2D eigenvalue weighted by Crippen LogP contribution is -2.23. The summed E-state index contributed by atoms with van der Waals surface area (Å²) in [6, 6.07) is 5.31. The number of anilines is 1. The Balaban J connectivity index is 2.12. The molecule has 7 nitrogen and oxygen atoms in total. The van der Waals surface area contributed by atoms with Crippen LogP contribution in [0.5, 0.6) is 5.75 Å². The SMILES string of the molecule is CCCCn1c(SCC(=O)Nc2cc(Cl)ccc2OC)nnc1C(CC)N(C)C. The van der Waals surface area contributed by atoms with Gasteiger partial charge in [-0.3, -0.25) is 9.69 Å². The Morgan fingerprint density at radius 3 is 2.72 bits per heavy atom. The van der Waals surface area contributed by atoms with E-state index in [9.17, 15) is 4.79 Å². The Morgan fingerprint density at radius 1 is 1.34 bits per heavy atom. The fraction of sp³-hybridized carbons (Fsp3) is 0.550. The van der Waals surface area contributed by atoms with E-state index in [2.05, 4.69) is 38.8 Å². The lowest BCUT2D eigenvalue weighted by molar-refractivity contribution is -0.113. The predicted molar refractivity (Wildman–Crippen MR) is 119 cm³/mol. The van der Waals surface area contributed by atoms with Crippen LogP contribution in [-0.2, 0) is 11.3 Å². The van der Waals surface area contributed by atoms with Crippen molar-refractivity contribution in [1.82, 2.24) is 19.7 Å². The van der Waals surface area contributed by atoms with E-state index in [0.717, 1.165) is 36.8 Å². The molecule has 1 aromatic heterocycles. The van der Waals surface area contributed by atoms with Crippen molar-refractivity contribution >= 4 is 35.0 Å². The maximum absolute atomic E-state index is 12.5. The number of benzene rings is 1. The lowest BCUT2D eigenvalue weighted by Gasteiger charge is -2.23. The van der Waals surface area contributed by atoms with Gasteiger partial charge in [0.15, 0.2) is 11.0 Å². The number of carbonyl (C=O) groups excluding carboxylic acids is 1. The highest BCUT2D eigenvalue weighted by Crippen LogP contribution is 2.29. The number of thioether (sulfide) groups is 1. The van der Waals surface area contributed by atoms with E-state index in [1.165, 1.54) is 11.8 Å². The van der Waals surface area contributed by atoms with Crippen molar-refractivity contribution in [1.29, 1.82) is 0 Å². The number of hydrogen-bond acceptors (Lipinski definition) is 6. The molecule has 0 saturated heterocycles. The van der Waals surface area contributed by atoms with Gasteiger partial charge in [-0.05, 0) is 45.1 Å². The van der Waals surface area contributed by atoms with Crippen LogP contribution in [0.25, 0.3) is 0 Å². The number of rotatable bonds is 11. The second-order valence-electron chi connectivity index (χ2n) is 6.92. The van der Waals surface area contributed by atoms with E-state index in [0.29, 0.717) is 16.5 Å². The van der Waals surface area contributed by atoms with Crippen LogP contribution in [0, 0.1) is 0 Å². The summed E-state index contributed by atoms with van der Waals surface area (Å²) in [7, 11) is 5.65. The molecule has 1 unspecified atom stereocenters. The molecule has 9 heteroatoms. The highest BCUT2D eigenvalue weighted by Gasteiger charge is 2.22. The Kier molecular flexibility index (Phi) is 9.26. The third kappa shape index (κ3) is 6.35. The van der Waals surface area contributed by atoms with E-state index < -0.39 is 0 Å². The summed E-state index contributed by atoms with van der Waals surface area (Å²) in [6.45, 7) is 5.14. The minimum absolute atomic E-state index is 0.151. The van der Waals surface area contributed by atoms with Crippen molar-refractivity contribution in [3.05, 3.63) is 29.0 Å². The number of carbonyl (C=O) groups is 1. The normalized spacial score (nSPS) is 12.2. The van der Waals surface area contributed by atoms with Crippen LogP contribution >= 0.6 is 23.4 Å². The smallest absolute Gasteiger partial charge is 0.234 e. The van der Waals surface area contributed by atoms with Crippen molar-refractivity contribution in [2.45, 2.75) is 50.9 Å². The molecule has 1 N–H and O–H groups in total. The zero-order valence-electron chi connectivity index (χ0n) is 17.7. The summed E-state index contributed by atoms with van der Waals surface area (Å²) in [5.74, 6) is 1.59. The summed E-state index contributed by atoms with van der Waals surface area (Å²) in [5.41, 5.74) is 0.553. The van der Waals surface area contributed by atoms with Crippen LogP contribution in [-0.4, -0.2) is 52.5 Å². The summed E-state index contributed by atoms with van der Waals surface area (Å²) >= 11 is 7.42. The van der Waals surface area contributed by atoms with Gasteiger partial charge in [-0.1, -0.05) is 43.6 Å². The first kappa shape index (κ1) is 23.5. The van der Waals surface area contributed by atoms with Crippen molar-refractivity contribution < 1.29 is 9.53 Å². The fourth-order valence-electron chi connectivity index (χ4n) is 3.05. The third-order valence-electron chi connectivity index (χ3n) is 4.56. The lowest BCUT2D eigenvalue weighted by atomic mass is 10.2. The summed E-state index contributed by atoms with van der Waals surface area (Å²) in [4.78, 5) is 14.7. The van der Waals surface area contributed by atoms with Gasteiger partial charge in [0.25, 0.3) is 0 Å². The molecule has 0 aliphatic rings. The minimum Gasteiger partial charge on any atom is -0.495 e. The quantitative estimate of drug-likeness (QED) is 0.520. The van der Waals surface area contributed by atoms with Gasteiger partial charge in [-0.15, -0.1) is 10.2 Å². The molecule has 29 heavy (non-hydrogen) atoms. The van der Waals surface area contributed by atoms with Crippen LogP contribution in [0.2, 0.25) is 5.02 Å². The molecule has 160 valence electrons. The van der Waals surface area contributed by atoms with E-state index in [4.69, 9.17) is 16.3 Å². The number of aromatic nitrogens is 3. The summed E-state index contributed by atoms with van der Waals surface area (Å²) in [5, 5.41) is 13.0. The second kappa shape index (κ2) is 11.4. The highest BCUT2D eigenvalue weighted by atomic mass is 35.5. The fourth-order valence-corrected chi connectivity index (χ4v) is 4.00. The third-order valence-corrected chi connectivity index (χ3v) is 5.76. The number of nitrogens with one attached hydrogen (secondary N) is 1. The van der Waals surface area contributed by atoms with Crippen molar-refractivity contribution in [3.8, 4) is 5.75 Å². The van der Waals surface area contributed by atoms with Crippen LogP contribution < -0.4 is 10.1 Å². The largest absolute Gasteiger partial charge is 0.495 e. The van der Waals surface area contributed by atoms with Gasteiger partial charge in [0.2, 0.25) is 5.91 Å². The van der Waals surface area contributed by atoms with E-state index in [-0.39, 0.29) is 17.7 Å². The average molecular weight is 440 g/mol. The van der Waals surface area contributed by atoms with E-state index in [1.54, 1.807) is 25.3 Å². The predicted octanol–water partition coefficient (Wildman–Crippen LogP) is 4.48. The summed E-state index contributed by atoms with van der Waals surface area (Å²) < 4.78 is 7.43. The molecule has 1 amide bonds. The first-order valence-corrected chi connectivity index (χ1v) is 11.1. The van der Waals surface area contributed by atoms with Gasteiger partial charge < -0.3 is 14.6 Å². The zero-order chi connectivity index (χ0) is 21.4. The molecule has 2 rings (SSSR count).